The molecule has 1 heterocycles. The SMILES string of the molecule is CCOc1ccc(C(=O)Nc2ncc(Cc3ccc(F)c(F)c3)s2)cc1OCCO. The van der Waals surface area contributed by atoms with E-state index in [4.69, 9.17) is 14.6 Å². The normalized spacial score (nSPS) is 10.7. The van der Waals surface area contributed by atoms with Crippen LogP contribution in [0.2, 0.25) is 0 Å². The number of carbonyl (C=O) groups is 1. The number of aromatic nitrogens is 1. The molecule has 0 saturated carbocycles. The van der Waals surface area contributed by atoms with Gasteiger partial charge in [-0.2, -0.15) is 0 Å². The van der Waals surface area contributed by atoms with E-state index in [0.717, 1.165) is 17.0 Å². The van der Waals surface area contributed by atoms with E-state index in [1.165, 1.54) is 23.5 Å². The first-order valence-electron chi connectivity index (χ1n) is 9.20. The first kappa shape index (κ1) is 21.7. The number of carbonyl (C=O) groups excluding carboxylic acids is 1. The standard InChI is InChI=1S/C21H20F2N2O4S/c1-2-28-18-6-4-14(11-19(18)29-8-7-26)20(27)25-21-24-12-15(30-21)9-13-3-5-16(22)17(23)10-13/h3-6,10-12,26H,2,7-9H2,1H3,(H,24,25,27). The van der Waals surface area contributed by atoms with Crippen molar-refractivity contribution < 1.29 is 28.2 Å². The molecule has 0 aliphatic rings. The number of thiazole rings is 1. The predicted octanol–water partition coefficient (Wildman–Crippen LogP) is 4.03. The summed E-state index contributed by atoms with van der Waals surface area (Å²) in [7, 11) is 0. The number of ether oxygens (including phenoxy) is 2. The summed E-state index contributed by atoms with van der Waals surface area (Å²) in [4.78, 5) is 17.5. The summed E-state index contributed by atoms with van der Waals surface area (Å²) < 4.78 is 37.3. The van der Waals surface area contributed by atoms with E-state index in [0.29, 0.717) is 40.8 Å². The second-order valence-corrected chi connectivity index (χ2v) is 7.29. The molecule has 0 aliphatic carbocycles. The summed E-state index contributed by atoms with van der Waals surface area (Å²) in [6.07, 6.45) is 1.95. The fourth-order valence-electron chi connectivity index (χ4n) is 2.66. The Morgan fingerprint density at radius 1 is 1.13 bits per heavy atom. The second-order valence-electron chi connectivity index (χ2n) is 6.18. The molecule has 0 fully saturated rings. The Morgan fingerprint density at radius 2 is 1.97 bits per heavy atom. The Morgan fingerprint density at radius 3 is 2.70 bits per heavy atom. The third kappa shape index (κ3) is 5.52. The Labute approximate surface area is 176 Å². The Hall–Kier alpha value is -3.04. The van der Waals surface area contributed by atoms with Crippen molar-refractivity contribution in [2.75, 3.05) is 25.1 Å². The number of aliphatic hydroxyl groups is 1. The van der Waals surface area contributed by atoms with Crippen LogP contribution >= 0.6 is 11.3 Å². The summed E-state index contributed by atoms with van der Waals surface area (Å²) in [5.74, 6) is -1.35. The number of rotatable bonds is 9. The zero-order valence-corrected chi connectivity index (χ0v) is 17.0. The maximum Gasteiger partial charge on any atom is 0.257 e. The number of anilines is 1. The monoisotopic (exact) mass is 434 g/mol. The minimum Gasteiger partial charge on any atom is -0.490 e. The molecule has 6 nitrogen and oxygen atoms in total. The number of nitrogens with zero attached hydrogens (tertiary/aromatic N) is 1. The third-order valence-corrected chi connectivity index (χ3v) is 4.90. The van der Waals surface area contributed by atoms with Gasteiger partial charge in [-0.25, -0.2) is 13.8 Å². The van der Waals surface area contributed by atoms with Gasteiger partial charge in [0.15, 0.2) is 28.3 Å². The van der Waals surface area contributed by atoms with Crippen molar-refractivity contribution in [3.8, 4) is 11.5 Å². The van der Waals surface area contributed by atoms with Crippen LogP contribution in [0.25, 0.3) is 0 Å². The van der Waals surface area contributed by atoms with E-state index in [9.17, 15) is 13.6 Å². The molecular weight excluding hydrogens is 414 g/mol. The van der Waals surface area contributed by atoms with E-state index < -0.39 is 11.6 Å². The van der Waals surface area contributed by atoms with E-state index in [-0.39, 0.29) is 19.1 Å². The molecule has 2 N–H and O–H groups in total. The van der Waals surface area contributed by atoms with Gasteiger partial charge in [0.1, 0.15) is 6.61 Å². The molecule has 2 aromatic carbocycles. The van der Waals surface area contributed by atoms with Gasteiger partial charge < -0.3 is 14.6 Å². The van der Waals surface area contributed by atoms with E-state index in [2.05, 4.69) is 10.3 Å². The summed E-state index contributed by atoms with van der Waals surface area (Å²) in [6.45, 7) is 2.17. The number of hydrogen-bond donors (Lipinski definition) is 2. The highest BCUT2D eigenvalue weighted by atomic mass is 32.1. The van der Waals surface area contributed by atoms with Crippen LogP contribution in [0.4, 0.5) is 13.9 Å². The van der Waals surface area contributed by atoms with Crippen LogP contribution in [0.5, 0.6) is 11.5 Å². The summed E-state index contributed by atoms with van der Waals surface area (Å²) in [6, 6.07) is 8.48. The minimum atomic E-state index is -0.903. The highest BCUT2D eigenvalue weighted by molar-refractivity contribution is 7.15. The Kier molecular flexibility index (Phi) is 7.31. The smallest absolute Gasteiger partial charge is 0.257 e. The van der Waals surface area contributed by atoms with Crippen LogP contribution in [-0.2, 0) is 6.42 Å². The highest BCUT2D eigenvalue weighted by Crippen LogP contribution is 2.29. The summed E-state index contributed by atoms with van der Waals surface area (Å²) in [5, 5.41) is 12.1. The number of hydrogen-bond acceptors (Lipinski definition) is 6. The maximum atomic E-state index is 13.4. The molecular formula is C21H20F2N2O4S. The van der Waals surface area contributed by atoms with Gasteiger partial charge in [0.05, 0.1) is 13.2 Å². The number of halogens is 2. The Bertz CT molecular complexity index is 1030. The average molecular weight is 434 g/mol. The zero-order valence-electron chi connectivity index (χ0n) is 16.2. The number of benzene rings is 2. The van der Waals surface area contributed by atoms with Gasteiger partial charge in [-0.1, -0.05) is 6.07 Å². The van der Waals surface area contributed by atoms with Crippen molar-refractivity contribution in [3.05, 3.63) is 70.2 Å². The third-order valence-electron chi connectivity index (χ3n) is 3.99. The molecule has 9 heteroatoms. The molecule has 0 aliphatic heterocycles. The van der Waals surface area contributed by atoms with Crippen molar-refractivity contribution in [1.82, 2.24) is 4.98 Å². The summed E-state index contributed by atoms with van der Waals surface area (Å²) >= 11 is 1.24. The molecule has 3 rings (SSSR count). The van der Waals surface area contributed by atoms with Crippen LogP contribution in [0.15, 0.2) is 42.6 Å². The van der Waals surface area contributed by atoms with Gasteiger partial charge in [-0.15, -0.1) is 11.3 Å². The van der Waals surface area contributed by atoms with Crippen molar-refractivity contribution in [1.29, 1.82) is 0 Å². The molecule has 1 amide bonds. The second kappa shape index (κ2) is 10.1. The maximum absolute atomic E-state index is 13.4. The molecule has 0 bridgehead atoms. The quantitative estimate of drug-likeness (QED) is 0.532. The molecule has 0 spiro atoms. The lowest BCUT2D eigenvalue weighted by atomic mass is 10.1. The average Bonchev–Trinajstić information content (AvgIpc) is 3.16. The molecule has 158 valence electrons. The molecule has 0 unspecified atom stereocenters. The van der Waals surface area contributed by atoms with E-state index >= 15 is 0 Å². The van der Waals surface area contributed by atoms with E-state index in [1.54, 1.807) is 18.3 Å². The van der Waals surface area contributed by atoms with Crippen LogP contribution in [0, 0.1) is 11.6 Å². The van der Waals surface area contributed by atoms with Crippen molar-refractivity contribution in [2.24, 2.45) is 0 Å². The highest BCUT2D eigenvalue weighted by Gasteiger charge is 2.14. The van der Waals surface area contributed by atoms with Gasteiger partial charge in [0.2, 0.25) is 0 Å². The van der Waals surface area contributed by atoms with Crippen molar-refractivity contribution >= 4 is 22.4 Å². The van der Waals surface area contributed by atoms with Crippen molar-refractivity contribution in [3.63, 3.8) is 0 Å². The van der Waals surface area contributed by atoms with Gasteiger partial charge in [-0.05, 0) is 42.8 Å². The first-order valence-corrected chi connectivity index (χ1v) is 10.0. The fourth-order valence-corrected chi connectivity index (χ4v) is 3.50. The lowest BCUT2D eigenvalue weighted by molar-refractivity contribution is 0.102. The lowest BCUT2D eigenvalue weighted by Gasteiger charge is -2.12. The zero-order chi connectivity index (χ0) is 21.5. The van der Waals surface area contributed by atoms with Crippen LogP contribution in [0.1, 0.15) is 27.7 Å². The molecule has 0 saturated heterocycles. The van der Waals surface area contributed by atoms with Gasteiger partial charge in [0, 0.05) is 23.1 Å². The van der Waals surface area contributed by atoms with E-state index in [1.807, 2.05) is 6.92 Å². The lowest BCUT2D eigenvalue weighted by Crippen LogP contribution is -2.12. The van der Waals surface area contributed by atoms with Gasteiger partial charge >= 0.3 is 0 Å². The molecule has 30 heavy (non-hydrogen) atoms. The molecule has 1 aromatic heterocycles. The van der Waals surface area contributed by atoms with Crippen molar-refractivity contribution in [2.45, 2.75) is 13.3 Å². The minimum absolute atomic E-state index is 0.0744. The van der Waals surface area contributed by atoms with Crippen LogP contribution in [-0.4, -0.2) is 35.8 Å². The first-order chi connectivity index (χ1) is 14.5. The predicted molar refractivity (Wildman–Crippen MR) is 109 cm³/mol. The fraction of sp³-hybridized carbons (Fsp3) is 0.238. The Balaban J connectivity index is 1.69. The summed E-state index contributed by atoms with van der Waals surface area (Å²) in [5.41, 5.74) is 0.941. The topological polar surface area (TPSA) is 80.7 Å². The largest absolute Gasteiger partial charge is 0.490 e. The number of aliphatic hydroxyl groups excluding tert-OH is 1. The van der Waals surface area contributed by atoms with Gasteiger partial charge in [-0.3, -0.25) is 10.1 Å². The molecule has 0 atom stereocenters. The molecule has 3 aromatic rings. The van der Waals surface area contributed by atoms with Crippen LogP contribution < -0.4 is 14.8 Å². The van der Waals surface area contributed by atoms with Gasteiger partial charge in [0.25, 0.3) is 5.91 Å². The van der Waals surface area contributed by atoms with Crippen LogP contribution in [0.3, 0.4) is 0 Å². The number of nitrogens with one attached hydrogen (secondary N) is 1. The number of amides is 1. The molecule has 0 radical (unpaired) electrons.